The number of fused-ring (bicyclic) bond motifs is 8. The molecule has 7 aromatic carbocycles. The molecule has 0 atom stereocenters. The maximum atomic E-state index is 5.33. The van der Waals surface area contributed by atoms with Crippen LogP contribution in [-0.4, -0.2) is 29.1 Å². The molecule has 11 aromatic rings. The van der Waals surface area contributed by atoms with E-state index in [0.29, 0.717) is 11.6 Å². The van der Waals surface area contributed by atoms with Gasteiger partial charge in [0, 0.05) is 43.4 Å². The van der Waals surface area contributed by atoms with Crippen LogP contribution in [0.5, 0.6) is 0 Å². The molecule has 242 valence electrons. The predicted molar refractivity (Wildman–Crippen MR) is 212 cm³/mol. The Morgan fingerprint density at radius 3 is 1.00 bits per heavy atom. The standard InChI is InChI=1S/C46H28N6/c1-7-22-37-35(20-1)45(51-39-24-9-3-16-31(39)32-17-4-10-25-40(32)51)49-43(47-37)29-14-13-15-30(28-29)44-48-38-23-8-2-21-36(38)46(50-44)52-41-26-11-5-18-33(41)34-19-6-12-27-42(34)52/h1-28H. The number of hydrogen-bond donors (Lipinski definition) is 0. The van der Waals surface area contributed by atoms with Crippen LogP contribution in [0, 0.1) is 0 Å². The summed E-state index contributed by atoms with van der Waals surface area (Å²) in [5, 5.41) is 6.74. The monoisotopic (exact) mass is 664 g/mol. The summed E-state index contributed by atoms with van der Waals surface area (Å²) in [6, 6.07) is 58.9. The number of benzene rings is 7. The molecule has 6 heteroatoms. The number of rotatable bonds is 4. The van der Waals surface area contributed by atoms with E-state index in [2.05, 4.69) is 161 Å². The van der Waals surface area contributed by atoms with Crippen LogP contribution < -0.4 is 0 Å². The molecule has 0 saturated carbocycles. The summed E-state index contributed by atoms with van der Waals surface area (Å²) < 4.78 is 4.54. The smallest absolute Gasteiger partial charge is 0.162 e. The largest absolute Gasteiger partial charge is 0.293 e. The van der Waals surface area contributed by atoms with E-state index in [1.54, 1.807) is 0 Å². The van der Waals surface area contributed by atoms with Crippen LogP contribution in [0.1, 0.15) is 0 Å². The third kappa shape index (κ3) is 4.25. The van der Waals surface area contributed by atoms with E-state index in [4.69, 9.17) is 19.9 Å². The third-order valence-corrected chi connectivity index (χ3v) is 10.1. The zero-order chi connectivity index (χ0) is 34.2. The minimum Gasteiger partial charge on any atom is -0.293 e. The van der Waals surface area contributed by atoms with Crippen molar-refractivity contribution in [2.24, 2.45) is 0 Å². The summed E-state index contributed by atoms with van der Waals surface area (Å²) in [4.78, 5) is 20.9. The molecule has 0 aliphatic rings. The van der Waals surface area contributed by atoms with Gasteiger partial charge in [0.25, 0.3) is 0 Å². The van der Waals surface area contributed by atoms with Crippen molar-refractivity contribution in [1.82, 2.24) is 29.1 Å². The van der Waals surface area contributed by atoms with Crippen molar-refractivity contribution in [3.05, 3.63) is 170 Å². The molecule has 0 spiro atoms. The normalized spacial score (nSPS) is 11.8. The highest BCUT2D eigenvalue weighted by atomic mass is 15.1. The summed E-state index contributed by atoms with van der Waals surface area (Å²) in [5.41, 5.74) is 7.96. The van der Waals surface area contributed by atoms with Crippen LogP contribution >= 0.6 is 0 Å². The molecule has 6 nitrogen and oxygen atoms in total. The SMILES string of the molecule is c1cc(-c2nc(-n3c4ccccc4c4ccccc43)c3ccccc3n2)cc(-c2nc(-n3c4ccccc4c4ccccc43)c3ccccc3n2)c1. The molecule has 0 radical (unpaired) electrons. The molecule has 0 saturated heterocycles. The van der Waals surface area contributed by atoms with Crippen LogP contribution in [-0.2, 0) is 0 Å². The average molecular weight is 665 g/mol. The van der Waals surface area contributed by atoms with Crippen LogP contribution in [0.4, 0.5) is 0 Å². The second kappa shape index (κ2) is 11.2. The summed E-state index contributed by atoms with van der Waals surface area (Å²) in [5.74, 6) is 2.97. The van der Waals surface area contributed by atoms with Gasteiger partial charge in [-0.2, -0.15) is 0 Å². The molecule has 0 N–H and O–H groups in total. The first kappa shape index (κ1) is 28.6. The van der Waals surface area contributed by atoms with Gasteiger partial charge in [-0.25, -0.2) is 19.9 Å². The highest BCUT2D eigenvalue weighted by Gasteiger charge is 2.20. The van der Waals surface area contributed by atoms with Crippen LogP contribution in [0.25, 0.3) is 99.8 Å². The molecule has 52 heavy (non-hydrogen) atoms. The highest BCUT2D eigenvalue weighted by Crippen LogP contribution is 2.37. The van der Waals surface area contributed by atoms with Crippen LogP contribution in [0.2, 0.25) is 0 Å². The molecule has 0 amide bonds. The zero-order valence-electron chi connectivity index (χ0n) is 27.8. The zero-order valence-corrected chi connectivity index (χ0v) is 27.8. The van der Waals surface area contributed by atoms with Gasteiger partial charge in [0.05, 0.1) is 33.1 Å². The van der Waals surface area contributed by atoms with Gasteiger partial charge in [-0.05, 0) is 54.6 Å². The minimum absolute atomic E-state index is 0.640. The van der Waals surface area contributed by atoms with E-state index in [-0.39, 0.29) is 0 Å². The van der Waals surface area contributed by atoms with Gasteiger partial charge < -0.3 is 0 Å². The molecule has 4 aromatic heterocycles. The van der Waals surface area contributed by atoms with Gasteiger partial charge >= 0.3 is 0 Å². The molecule has 0 aliphatic carbocycles. The van der Waals surface area contributed by atoms with E-state index in [1.807, 2.05) is 18.2 Å². The van der Waals surface area contributed by atoms with Gasteiger partial charge in [-0.3, -0.25) is 9.13 Å². The predicted octanol–water partition coefficient (Wildman–Crippen LogP) is 11.1. The Labute approximate surface area is 297 Å². The molecule has 11 rings (SSSR count). The first-order valence-electron chi connectivity index (χ1n) is 17.4. The summed E-state index contributed by atoms with van der Waals surface area (Å²) in [7, 11) is 0. The first-order chi connectivity index (χ1) is 25.8. The van der Waals surface area contributed by atoms with Crippen molar-refractivity contribution in [3.63, 3.8) is 0 Å². The summed E-state index contributed by atoms with van der Waals surface area (Å²) >= 11 is 0. The van der Waals surface area contributed by atoms with Crippen molar-refractivity contribution < 1.29 is 0 Å². The summed E-state index contributed by atoms with van der Waals surface area (Å²) in [6.45, 7) is 0. The van der Waals surface area contributed by atoms with E-state index >= 15 is 0 Å². The Morgan fingerprint density at radius 1 is 0.288 bits per heavy atom. The Balaban J connectivity index is 1.13. The Hall–Kier alpha value is -7.18. The van der Waals surface area contributed by atoms with Gasteiger partial charge in [-0.15, -0.1) is 0 Å². The van der Waals surface area contributed by atoms with Crippen LogP contribution in [0.3, 0.4) is 0 Å². The van der Waals surface area contributed by atoms with E-state index in [0.717, 1.165) is 66.6 Å². The fourth-order valence-electron chi connectivity index (χ4n) is 7.82. The third-order valence-electron chi connectivity index (χ3n) is 10.1. The quantitative estimate of drug-likeness (QED) is 0.188. The Bertz CT molecular complexity index is 2890. The minimum atomic E-state index is 0.640. The topological polar surface area (TPSA) is 61.4 Å². The molecule has 0 fully saturated rings. The summed E-state index contributed by atoms with van der Waals surface area (Å²) in [6.07, 6.45) is 0. The van der Waals surface area contributed by atoms with Crippen molar-refractivity contribution in [2.75, 3.05) is 0 Å². The molecular formula is C46H28N6. The van der Waals surface area contributed by atoms with E-state index in [9.17, 15) is 0 Å². The average Bonchev–Trinajstić information content (AvgIpc) is 3.73. The maximum Gasteiger partial charge on any atom is 0.162 e. The highest BCUT2D eigenvalue weighted by molar-refractivity contribution is 6.11. The fraction of sp³-hybridized carbons (Fsp3) is 0. The maximum absolute atomic E-state index is 5.33. The molecular weight excluding hydrogens is 637 g/mol. The second-order valence-corrected chi connectivity index (χ2v) is 13.1. The lowest BCUT2D eigenvalue weighted by atomic mass is 10.1. The van der Waals surface area contributed by atoms with Crippen molar-refractivity contribution >= 4 is 65.4 Å². The van der Waals surface area contributed by atoms with Gasteiger partial charge in [0.15, 0.2) is 11.6 Å². The molecule has 4 heterocycles. The Morgan fingerprint density at radius 2 is 0.615 bits per heavy atom. The second-order valence-electron chi connectivity index (χ2n) is 13.1. The number of hydrogen-bond acceptors (Lipinski definition) is 4. The van der Waals surface area contributed by atoms with Gasteiger partial charge in [-0.1, -0.05) is 115 Å². The number of aromatic nitrogens is 6. The lowest BCUT2D eigenvalue weighted by Crippen LogP contribution is -2.03. The van der Waals surface area contributed by atoms with Crippen molar-refractivity contribution in [2.45, 2.75) is 0 Å². The van der Waals surface area contributed by atoms with Crippen LogP contribution in [0.15, 0.2) is 170 Å². The lowest BCUT2D eigenvalue weighted by molar-refractivity contribution is 1.07. The first-order valence-corrected chi connectivity index (χ1v) is 17.4. The lowest BCUT2D eigenvalue weighted by Gasteiger charge is -2.14. The van der Waals surface area contributed by atoms with Gasteiger partial charge in [0.1, 0.15) is 11.6 Å². The molecule has 0 bridgehead atoms. The molecule has 0 unspecified atom stereocenters. The number of nitrogens with zero attached hydrogens (tertiary/aromatic N) is 6. The van der Waals surface area contributed by atoms with E-state index < -0.39 is 0 Å². The van der Waals surface area contributed by atoms with Crippen molar-refractivity contribution in [3.8, 4) is 34.4 Å². The van der Waals surface area contributed by atoms with Gasteiger partial charge in [0.2, 0.25) is 0 Å². The fourth-order valence-corrected chi connectivity index (χ4v) is 7.82. The van der Waals surface area contributed by atoms with Crippen molar-refractivity contribution in [1.29, 1.82) is 0 Å². The Kier molecular flexibility index (Phi) is 6.15. The number of para-hydroxylation sites is 6. The molecule has 0 aliphatic heterocycles. The van der Waals surface area contributed by atoms with E-state index in [1.165, 1.54) is 21.5 Å².